The number of hydrogen-bond donors (Lipinski definition) is 4. The van der Waals surface area contributed by atoms with E-state index in [1.54, 1.807) is 24.0 Å². The van der Waals surface area contributed by atoms with E-state index in [-0.39, 0.29) is 95.0 Å². The molecule has 0 spiro atoms. The molecule has 2 aromatic carbocycles. The van der Waals surface area contributed by atoms with Crippen molar-refractivity contribution in [2.24, 2.45) is 0 Å². The molecule has 2 atom stereocenters. The van der Waals surface area contributed by atoms with Crippen LogP contribution in [0.5, 0.6) is 0 Å². The van der Waals surface area contributed by atoms with Crippen LogP contribution < -0.4 is 4.90 Å². The van der Waals surface area contributed by atoms with Crippen molar-refractivity contribution in [3.8, 4) is 0 Å². The highest BCUT2D eigenvalue weighted by Gasteiger charge is 2.53. The minimum atomic E-state index is -4.72. The lowest BCUT2D eigenvalue weighted by molar-refractivity contribution is -0.441. The third kappa shape index (κ3) is 14.5. The topological polar surface area (TPSA) is 207 Å². The van der Waals surface area contributed by atoms with Crippen LogP contribution in [0.4, 0.5) is 42.1 Å². The predicted molar refractivity (Wildman–Crippen MR) is 237 cm³/mol. The van der Waals surface area contributed by atoms with E-state index in [1.165, 1.54) is 47.9 Å². The second-order valence-corrected chi connectivity index (χ2v) is 21.6. The molecule has 23 heteroatoms. The molecule has 67 heavy (non-hydrogen) atoms. The number of hydrogen-bond acceptors (Lipinski definition) is 8. The minimum absolute atomic E-state index is 0.00517. The van der Waals surface area contributed by atoms with Crippen molar-refractivity contribution in [2.45, 2.75) is 108 Å². The minimum Gasteiger partial charge on any atom is -0.481 e. The van der Waals surface area contributed by atoms with Gasteiger partial charge in [-0.2, -0.15) is 47.4 Å². The van der Waals surface area contributed by atoms with Gasteiger partial charge in [0, 0.05) is 42.3 Å². The normalized spacial score (nSPS) is 19.8. The van der Waals surface area contributed by atoms with E-state index in [2.05, 4.69) is 0 Å². The molecule has 0 amide bonds. The zero-order valence-electron chi connectivity index (χ0n) is 36.7. The first-order valence-electron chi connectivity index (χ1n) is 21.3. The van der Waals surface area contributed by atoms with Gasteiger partial charge in [-0.3, -0.25) is 18.5 Å². The molecule has 2 unspecified atom stereocenters. The average molecular weight is 1020 g/mol. The molecule has 372 valence electrons. The largest absolute Gasteiger partial charge is 0.481 e. The van der Waals surface area contributed by atoms with Gasteiger partial charge < -0.3 is 10.0 Å². The highest BCUT2D eigenvalue weighted by Crippen LogP contribution is 2.52. The van der Waals surface area contributed by atoms with Crippen LogP contribution in [0, 0.1) is 23.3 Å². The second kappa shape index (κ2) is 22.3. The number of nitrogens with zero attached hydrogens (tertiary/aromatic N) is 2. The summed E-state index contributed by atoms with van der Waals surface area (Å²) >= 11 is 0. The van der Waals surface area contributed by atoms with E-state index < -0.39 is 111 Å². The summed E-state index contributed by atoms with van der Waals surface area (Å²) in [5.74, 6) is -10.3. The van der Waals surface area contributed by atoms with Crippen molar-refractivity contribution in [3.05, 3.63) is 106 Å². The molecular weight excluding hydrogens is 962 g/mol. The average Bonchev–Trinajstić information content (AvgIpc) is 3.59. The summed E-state index contributed by atoms with van der Waals surface area (Å²) < 4.78 is 201. The number of halogens is 7. The highest BCUT2D eigenvalue weighted by molar-refractivity contribution is 7.86. The molecule has 0 saturated heterocycles. The maximum absolute atomic E-state index is 15.8. The summed E-state index contributed by atoms with van der Waals surface area (Å²) in [4.78, 5) is 12.8. The molecule has 0 aromatic heterocycles. The summed E-state index contributed by atoms with van der Waals surface area (Å²) in [6.07, 6.45) is 6.68. The lowest BCUT2D eigenvalue weighted by Crippen LogP contribution is -2.32. The first-order valence-corrected chi connectivity index (χ1v) is 26.1. The molecular formula is C44H54F7N2O11S3+. The Morgan fingerprint density at radius 1 is 0.687 bits per heavy atom. The number of rotatable bonds is 25. The number of alkyl halides is 3. The van der Waals surface area contributed by atoms with Crippen LogP contribution in [-0.2, 0) is 52.2 Å². The Kier molecular flexibility index (Phi) is 18.4. The van der Waals surface area contributed by atoms with Gasteiger partial charge in [-0.15, -0.1) is 0 Å². The lowest BCUT2D eigenvalue weighted by atomic mass is 9.75. The summed E-state index contributed by atoms with van der Waals surface area (Å²) in [6.45, 7) is 3.14. The first-order chi connectivity index (χ1) is 31.0. The second-order valence-electron chi connectivity index (χ2n) is 16.9. The smallest absolute Gasteiger partial charge is 0.416 e. The van der Waals surface area contributed by atoms with Gasteiger partial charge in [-0.25, -0.2) is 13.2 Å². The summed E-state index contributed by atoms with van der Waals surface area (Å²) in [6, 6.07) is 3.19. The molecule has 13 nitrogen and oxygen atoms in total. The molecule has 4 N–H and O–H groups in total. The molecule has 0 bridgehead atoms. The Morgan fingerprint density at radius 2 is 1.22 bits per heavy atom. The number of unbranched alkanes of at least 4 members (excludes halogenated alkanes) is 5. The number of allylic oxidation sites excluding steroid dienone is 8. The number of fused-ring (bicyclic) bond motifs is 2. The van der Waals surface area contributed by atoms with Gasteiger partial charge in [-0.1, -0.05) is 43.2 Å². The molecule has 4 rings (SSSR count). The fourth-order valence-corrected chi connectivity index (χ4v) is 10.4. The molecule has 0 fully saturated rings. The third-order valence-corrected chi connectivity index (χ3v) is 14.3. The number of carbonyl (C=O) groups is 1. The Morgan fingerprint density at radius 3 is 1.79 bits per heavy atom. The van der Waals surface area contributed by atoms with E-state index >= 15 is 8.78 Å². The van der Waals surface area contributed by atoms with E-state index in [0.717, 1.165) is 12.1 Å². The standard InChI is InChI=1S/C44H53F7N2O11S3/c1-42(22-10-14-26-65(56,57)58)31-29-30(44(49,50)51)20-21-32(31)52(24-13-16-28-67(62,63)64)33(42)17-7-4-3-5-8-18-34-43(2,23-11-15-27-66(59,60)61)36-37(45)38(46)39(47)40(48)41(36)53(34)25-12-6-9-19-35(54)55/h3-5,7-8,17-18,20-21,29H,6,9-16,19,22-28H2,1-2H3,(H3-,54,55,56,57,58,59,60,61,62,63,64)/p+1. The van der Waals surface area contributed by atoms with E-state index in [4.69, 9.17) is 5.11 Å². The number of benzene rings is 2. The molecule has 2 aromatic rings. The van der Waals surface area contributed by atoms with Crippen LogP contribution >= 0.6 is 0 Å². The van der Waals surface area contributed by atoms with Crippen molar-refractivity contribution in [1.82, 2.24) is 0 Å². The number of anilines is 1. The van der Waals surface area contributed by atoms with Crippen LogP contribution in [0.15, 0.2) is 66.4 Å². The molecule has 0 saturated carbocycles. The van der Waals surface area contributed by atoms with E-state index in [1.807, 2.05) is 0 Å². The van der Waals surface area contributed by atoms with Crippen LogP contribution in [0.2, 0.25) is 0 Å². The van der Waals surface area contributed by atoms with Gasteiger partial charge in [0.1, 0.15) is 6.54 Å². The van der Waals surface area contributed by atoms with Gasteiger partial charge in [0.2, 0.25) is 11.6 Å². The van der Waals surface area contributed by atoms with Crippen molar-refractivity contribution in [1.29, 1.82) is 0 Å². The number of carboxylic acid groups (broad SMARTS) is 1. The summed E-state index contributed by atoms with van der Waals surface area (Å²) in [5, 5.41) is 9.06. The maximum Gasteiger partial charge on any atom is 0.416 e. The fourth-order valence-electron chi connectivity index (χ4n) is 8.70. The van der Waals surface area contributed by atoms with Gasteiger partial charge >= 0.3 is 12.1 Å². The van der Waals surface area contributed by atoms with Gasteiger partial charge in [0.05, 0.1) is 33.8 Å². The zero-order chi connectivity index (χ0) is 50.2. The van der Waals surface area contributed by atoms with Gasteiger partial charge in [0.25, 0.3) is 36.0 Å². The molecule has 0 radical (unpaired) electrons. The third-order valence-electron chi connectivity index (χ3n) is 11.9. The monoisotopic (exact) mass is 1020 g/mol. The van der Waals surface area contributed by atoms with Crippen LogP contribution in [0.1, 0.15) is 108 Å². The maximum atomic E-state index is 15.8. The van der Waals surface area contributed by atoms with Crippen molar-refractivity contribution in [2.75, 3.05) is 35.2 Å². The van der Waals surface area contributed by atoms with Gasteiger partial charge in [0.15, 0.2) is 17.3 Å². The van der Waals surface area contributed by atoms with Crippen molar-refractivity contribution >= 4 is 53.4 Å². The first kappa shape index (κ1) is 55.2. The summed E-state index contributed by atoms with van der Waals surface area (Å²) in [5.41, 5.74) is -3.52. The van der Waals surface area contributed by atoms with Crippen molar-refractivity contribution in [3.63, 3.8) is 0 Å². The lowest BCUT2D eigenvalue weighted by Gasteiger charge is -2.30. The quantitative estimate of drug-likeness (QED) is 0.0140. The Labute approximate surface area is 385 Å². The number of aliphatic carboxylic acids is 1. The summed E-state index contributed by atoms with van der Waals surface area (Å²) in [7, 11) is -13.0. The SMILES string of the molecule is CC1(CCCCS(=O)(=O)O)C(\C=C/C=C/C=C/C=C2/N(CCCCS(=O)(=O)O)c3ccc(C(F)(F)F)cc3C2(C)CCCCS(=O)(=O)O)=[N+](CCCCCC(=O)O)c2c(F)c(F)c(F)c(F)c21. The van der Waals surface area contributed by atoms with E-state index in [0.29, 0.717) is 17.8 Å². The van der Waals surface area contributed by atoms with Crippen LogP contribution in [0.3, 0.4) is 0 Å². The van der Waals surface area contributed by atoms with E-state index in [9.17, 15) is 65.7 Å². The number of carboxylic acids is 1. The Hall–Kier alpha value is -4.42. The molecule has 2 heterocycles. The van der Waals surface area contributed by atoms with Crippen LogP contribution in [0.25, 0.3) is 0 Å². The van der Waals surface area contributed by atoms with Crippen LogP contribution in [-0.4, -0.2) is 90.6 Å². The van der Waals surface area contributed by atoms with Crippen molar-refractivity contribution < 1.29 is 84.1 Å². The molecule has 2 aliphatic heterocycles. The molecule has 2 aliphatic rings. The molecule has 0 aliphatic carbocycles. The Balaban J connectivity index is 1.76. The van der Waals surface area contributed by atoms with Gasteiger partial charge in [-0.05, 0) is 95.1 Å². The zero-order valence-corrected chi connectivity index (χ0v) is 39.2. The predicted octanol–water partition coefficient (Wildman–Crippen LogP) is 9.38. The highest BCUT2D eigenvalue weighted by atomic mass is 32.2. The Bertz CT molecular complexity index is 2670. The fraction of sp³-hybridized carbons (Fsp3) is 0.500.